The predicted molar refractivity (Wildman–Crippen MR) is 90.8 cm³/mol. The van der Waals surface area contributed by atoms with Gasteiger partial charge in [-0.3, -0.25) is 0 Å². The highest BCUT2D eigenvalue weighted by atomic mass is 32.2. The maximum atomic E-state index is 12.1. The first-order chi connectivity index (χ1) is 10.9. The average Bonchev–Trinajstić information content (AvgIpc) is 2.89. The smallest absolute Gasteiger partial charge is 0.224 e. The van der Waals surface area contributed by atoms with Crippen LogP contribution in [0.2, 0.25) is 0 Å². The number of nitrogens with zero attached hydrogens (tertiary/aromatic N) is 1. The first kappa shape index (κ1) is 15.6. The fourth-order valence-corrected chi connectivity index (χ4v) is 3.73. The van der Waals surface area contributed by atoms with Crippen LogP contribution in [0.15, 0.2) is 53.4 Å². The Hall–Kier alpha value is -2.25. The minimum absolute atomic E-state index is 0.258. The topological polar surface area (TPSA) is 72.9 Å². The molecule has 0 radical (unpaired) electrons. The number of hydrogen-bond acceptors (Lipinski definition) is 4. The molecule has 0 fully saturated rings. The van der Waals surface area contributed by atoms with E-state index in [0.717, 1.165) is 26.1 Å². The third-order valence-electron chi connectivity index (χ3n) is 3.52. The molecule has 0 aliphatic rings. The molecule has 0 amide bonds. The Kier molecular flexibility index (Phi) is 3.91. The van der Waals surface area contributed by atoms with Crippen molar-refractivity contribution in [3.8, 4) is 21.7 Å². The third kappa shape index (κ3) is 3.11. The number of hydrogen-bond donors (Lipinski definition) is 1. The normalized spacial score (nSPS) is 11.6. The molecule has 1 N–H and O–H groups in total. The van der Waals surface area contributed by atoms with E-state index < -0.39 is 9.84 Å². The first-order valence-corrected chi connectivity index (χ1v) is 9.58. The number of aromatic amines is 1. The summed E-state index contributed by atoms with van der Waals surface area (Å²) in [4.78, 5) is 13.1. The lowest BCUT2D eigenvalue weighted by Gasteiger charge is -2.01. The second-order valence-electron chi connectivity index (χ2n) is 5.33. The molecule has 3 aromatic rings. The molecular weight excluding hydrogens is 332 g/mol. The van der Waals surface area contributed by atoms with Crippen LogP contribution < -0.4 is 4.54 Å². The van der Waals surface area contributed by atoms with Gasteiger partial charge in [-0.25, -0.2) is 8.42 Å². The van der Waals surface area contributed by atoms with E-state index in [1.54, 1.807) is 24.3 Å². The van der Waals surface area contributed by atoms with Gasteiger partial charge in [0.25, 0.3) is 0 Å². The van der Waals surface area contributed by atoms with E-state index in [2.05, 4.69) is 4.49 Å². The molecule has 0 saturated carbocycles. The molecular formula is C16H15N2O3S2+. The van der Waals surface area contributed by atoms with Crippen LogP contribution in [0.1, 0.15) is 5.56 Å². The van der Waals surface area contributed by atoms with Gasteiger partial charge in [-0.15, -0.1) is 0 Å². The van der Waals surface area contributed by atoms with Gasteiger partial charge in [0.2, 0.25) is 0 Å². The SMILES string of the molecule is Cc1ccc(-c2c(-c3ccc(S(C)(=O)=O)cc3)s[nH][n+]2=O)cc1. The number of rotatable bonds is 3. The van der Waals surface area contributed by atoms with Crippen LogP contribution in [0.3, 0.4) is 0 Å². The summed E-state index contributed by atoms with van der Waals surface area (Å²) in [6.45, 7) is 1.99. The standard InChI is InChI=1S/C16H15N2O3S2/c1-11-3-5-12(6-4-11)15-16(22-17-18(15)19)13-7-9-14(10-8-13)23(2,20)21/h3-10H,1-2H3,(H,17,19)/q+1. The molecule has 2 aromatic carbocycles. The van der Waals surface area contributed by atoms with Crippen LogP contribution >= 0.6 is 11.5 Å². The summed E-state index contributed by atoms with van der Waals surface area (Å²) in [5.41, 5.74) is 3.25. The highest BCUT2D eigenvalue weighted by molar-refractivity contribution is 7.90. The maximum Gasteiger partial charge on any atom is 0.319 e. The minimum Gasteiger partial charge on any atom is -0.224 e. The predicted octanol–water partition coefficient (Wildman–Crippen LogP) is 3.04. The molecule has 0 bridgehead atoms. The molecule has 0 atom stereocenters. The van der Waals surface area contributed by atoms with Crippen molar-refractivity contribution in [1.82, 2.24) is 4.49 Å². The van der Waals surface area contributed by atoms with Gasteiger partial charge in [0.1, 0.15) is 4.88 Å². The zero-order chi connectivity index (χ0) is 16.6. The highest BCUT2D eigenvalue weighted by Gasteiger charge is 2.23. The lowest BCUT2D eigenvalue weighted by atomic mass is 10.1. The molecule has 0 unspecified atom stereocenters. The Balaban J connectivity index is 2.12. The maximum absolute atomic E-state index is 12.1. The number of benzene rings is 2. The van der Waals surface area contributed by atoms with Gasteiger partial charge in [-0.2, -0.15) is 0 Å². The molecule has 1 heterocycles. The van der Waals surface area contributed by atoms with Crippen LogP contribution in [-0.2, 0) is 9.84 Å². The van der Waals surface area contributed by atoms with E-state index in [4.69, 9.17) is 0 Å². The molecule has 5 nitrogen and oxygen atoms in total. The lowest BCUT2D eigenvalue weighted by molar-refractivity contribution is -0.542. The van der Waals surface area contributed by atoms with Gasteiger partial charge in [0, 0.05) is 23.4 Å². The van der Waals surface area contributed by atoms with Crippen molar-refractivity contribution in [2.24, 2.45) is 0 Å². The van der Waals surface area contributed by atoms with E-state index in [0.29, 0.717) is 5.69 Å². The molecule has 0 aliphatic carbocycles. The van der Waals surface area contributed by atoms with E-state index >= 15 is 0 Å². The average molecular weight is 347 g/mol. The van der Waals surface area contributed by atoms with Gasteiger partial charge < -0.3 is 0 Å². The number of H-pyrrole nitrogens is 1. The summed E-state index contributed by atoms with van der Waals surface area (Å²) < 4.78 is 26.5. The minimum atomic E-state index is -3.23. The Morgan fingerprint density at radius 2 is 1.52 bits per heavy atom. The largest absolute Gasteiger partial charge is 0.319 e. The zero-order valence-corrected chi connectivity index (χ0v) is 14.2. The van der Waals surface area contributed by atoms with Gasteiger partial charge >= 0.3 is 5.69 Å². The second kappa shape index (κ2) is 5.75. The summed E-state index contributed by atoms with van der Waals surface area (Å²) in [7, 11) is -3.23. The monoisotopic (exact) mass is 347 g/mol. The van der Waals surface area contributed by atoms with Gasteiger partial charge in [0.05, 0.1) is 15.4 Å². The van der Waals surface area contributed by atoms with E-state index in [9.17, 15) is 13.3 Å². The van der Waals surface area contributed by atoms with Crippen molar-refractivity contribution in [1.29, 1.82) is 0 Å². The number of aromatic nitrogens is 2. The summed E-state index contributed by atoms with van der Waals surface area (Å²) in [6.07, 6.45) is 1.17. The Morgan fingerprint density at radius 3 is 2.09 bits per heavy atom. The number of sulfone groups is 1. The van der Waals surface area contributed by atoms with Crippen LogP contribution in [0.5, 0.6) is 0 Å². The van der Waals surface area contributed by atoms with Crippen LogP contribution in [0.4, 0.5) is 0 Å². The van der Waals surface area contributed by atoms with Crippen LogP contribution in [0, 0.1) is 11.8 Å². The van der Waals surface area contributed by atoms with Crippen molar-refractivity contribution >= 4 is 21.4 Å². The summed E-state index contributed by atoms with van der Waals surface area (Å²) in [5, 5.41) is 0. The van der Waals surface area contributed by atoms with E-state index in [1.165, 1.54) is 17.8 Å². The molecule has 0 saturated heterocycles. The van der Waals surface area contributed by atoms with E-state index in [1.807, 2.05) is 31.2 Å². The van der Waals surface area contributed by atoms with Crippen molar-refractivity contribution < 1.29 is 13.0 Å². The molecule has 23 heavy (non-hydrogen) atoms. The fourth-order valence-electron chi connectivity index (χ4n) is 2.28. The number of nitrogens with one attached hydrogen (secondary N) is 1. The molecule has 118 valence electrons. The summed E-state index contributed by atoms with van der Waals surface area (Å²) >= 11 is 1.22. The van der Waals surface area contributed by atoms with Gasteiger partial charge in [-0.05, 0) is 31.2 Å². The summed E-state index contributed by atoms with van der Waals surface area (Å²) in [5.74, 6) is 0. The van der Waals surface area contributed by atoms with Gasteiger partial charge in [-0.1, -0.05) is 34.3 Å². The third-order valence-corrected chi connectivity index (χ3v) is 5.54. The van der Waals surface area contributed by atoms with E-state index in [-0.39, 0.29) is 4.90 Å². The van der Waals surface area contributed by atoms with Crippen molar-refractivity contribution in [2.45, 2.75) is 11.8 Å². The lowest BCUT2D eigenvalue weighted by Crippen LogP contribution is -2.16. The van der Waals surface area contributed by atoms with Crippen molar-refractivity contribution in [2.75, 3.05) is 6.26 Å². The number of aryl methyl sites for hydroxylation is 1. The quantitative estimate of drug-likeness (QED) is 0.740. The summed E-state index contributed by atoms with van der Waals surface area (Å²) in [6, 6.07) is 14.2. The fraction of sp³-hybridized carbons (Fsp3) is 0.125. The van der Waals surface area contributed by atoms with Crippen LogP contribution in [-0.4, -0.2) is 19.2 Å². The second-order valence-corrected chi connectivity index (χ2v) is 8.14. The van der Waals surface area contributed by atoms with Crippen LogP contribution in [0.25, 0.3) is 21.7 Å². The van der Waals surface area contributed by atoms with Gasteiger partial charge in [0.15, 0.2) is 14.4 Å². The molecule has 3 rings (SSSR count). The first-order valence-electron chi connectivity index (χ1n) is 6.88. The van der Waals surface area contributed by atoms with Crippen molar-refractivity contribution in [3.05, 3.63) is 59.0 Å². The molecule has 0 aliphatic heterocycles. The van der Waals surface area contributed by atoms with Crippen molar-refractivity contribution in [3.63, 3.8) is 0 Å². The Labute approximate surface area is 137 Å². The Bertz CT molecular complexity index is 999. The molecule has 0 spiro atoms. The Morgan fingerprint density at radius 1 is 0.957 bits per heavy atom. The molecule has 7 heteroatoms. The highest BCUT2D eigenvalue weighted by Crippen LogP contribution is 2.32. The molecule has 1 aromatic heterocycles. The zero-order valence-electron chi connectivity index (χ0n) is 12.6.